The molecule has 2 N–H and O–H groups in total. The van der Waals surface area contributed by atoms with Crippen molar-refractivity contribution in [3.05, 3.63) is 48.0 Å². The second kappa shape index (κ2) is 8.13. The third-order valence-electron chi connectivity index (χ3n) is 3.91. The minimum absolute atomic E-state index is 0. The average Bonchev–Trinajstić information content (AvgIpc) is 3.04. The normalized spacial score (nSPS) is 17.3. The highest BCUT2D eigenvalue weighted by Crippen LogP contribution is 2.22. The Morgan fingerprint density at radius 3 is 2.74 bits per heavy atom. The molecule has 0 aliphatic carbocycles. The fraction of sp³-hybridized carbons (Fsp3) is 0.353. The van der Waals surface area contributed by atoms with Gasteiger partial charge in [-0.2, -0.15) is 0 Å². The first-order valence-corrected chi connectivity index (χ1v) is 7.57. The molecule has 23 heavy (non-hydrogen) atoms. The Hall–Kier alpha value is -1.85. The van der Waals surface area contributed by atoms with Crippen LogP contribution < -0.4 is 10.6 Å². The molecule has 1 atom stereocenters. The van der Waals surface area contributed by atoms with E-state index in [9.17, 15) is 9.18 Å². The Balaban J connectivity index is 0.00000192. The Morgan fingerprint density at radius 1 is 1.26 bits per heavy atom. The first-order chi connectivity index (χ1) is 10.7. The summed E-state index contributed by atoms with van der Waals surface area (Å²) in [6, 6.07) is 9.37. The topological polar surface area (TPSA) is 54.3 Å². The van der Waals surface area contributed by atoms with E-state index in [1.807, 2.05) is 0 Å². The Labute approximate surface area is 140 Å². The molecule has 1 aromatic heterocycles. The number of nitrogens with one attached hydrogen (secondary N) is 2. The van der Waals surface area contributed by atoms with Gasteiger partial charge in [0.15, 0.2) is 5.76 Å². The number of hydrogen-bond acceptors (Lipinski definition) is 3. The van der Waals surface area contributed by atoms with Crippen molar-refractivity contribution in [2.75, 3.05) is 19.6 Å². The van der Waals surface area contributed by atoms with Gasteiger partial charge < -0.3 is 15.1 Å². The lowest BCUT2D eigenvalue weighted by Crippen LogP contribution is -2.38. The van der Waals surface area contributed by atoms with E-state index in [4.69, 9.17) is 4.42 Å². The number of furan rings is 1. The smallest absolute Gasteiger partial charge is 0.287 e. The predicted octanol–water partition coefficient (Wildman–Crippen LogP) is 3.24. The molecule has 2 heterocycles. The van der Waals surface area contributed by atoms with Gasteiger partial charge in [0.25, 0.3) is 5.91 Å². The van der Waals surface area contributed by atoms with Gasteiger partial charge in [-0.1, -0.05) is 0 Å². The van der Waals surface area contributed by atoms with E-state index in [0.29, 0.717) is 18.2 Å². The molecule has 1 saturated heterocycles. The van der Waals surface area contributed by atoms with Crippen LogP contribution in [0.1, 0.15) is 23.4 Å². The van der Waals surface area contributed by atoms with Gasteiger partial charge in [0, 0.05) is 12.1 Å². The minimum Gasteiger partial charge on any atom is -0.451 e. The van der Waals surface area contributed by atoms with E-state index in [0.717, 1.165) is 31.5 Å². The quantitative estimate of drug-likeness (QED) is 0.900. The van der Waals surface area contributed by atoms with Gasteiger partial charge in [0.05, 0.1) is 0 Å². The van der Waals surface area contributed by atoms with Crippen LogP contribution in [0.3, 0.4) is 0 Å². The predicted molar refractivity (Wildman–Crippen MR) is 89.3 cm³/mol. The monoisotopic (exact) mass is 338 g/mol. The summed E-state index contributed by atoms with van der Waals surface area (Å²) in [7, 11) is 0. The van der Waals surface area contributed by atoms with Crippen LogP contribution in [0.15, 0.2) is 40.8 Å². The summed E-state index contributed by atoms with van der Waals surface area (Å²) in [5.41, 5.74) is 0.747. The molecule has 6 heteroatoms. The lowest BCUT2D eigenvalue weighted by molar-refractivity contribution is 0.0918. The SMILES string of the molecule is Cl.O=C(NCC1CCCNC1)c1ccc(-c2ccc(F)cc2)o1. The lowest BCUT2D eigenvalue weighted by atomic mass is 10.00. The van der Waals surface area contributed by atoms with Crippen molar-refractivity contribution in [2.24, 2.45) is 5.92 Å². The van der Waals surface area contributed by atoms with Crippen molar-refractivity contribution in [2.45, 2.75) is 12.8 Å². The van der Waals surface area contributed by atoms with Crippen molar-refractivity contribution in [1.82, 2.24) is 10.6 Å². The number of piperidine rings is 1. The number of carbonyl (C=O) groups excluding carboxylic acids is 1. The van der Waals surface area contributed by atoms with Crippen LogP contribution in [-0.2, 0) is 0 Å². The number of rotatable bonds is 4. The molecule has 0 saturated carbocycles. The first kappa shape index (κ1) is 17.5. The van der Waals surface area contributed by atoms with Crippen LogP contribution in [0.2, 0.25) is 0 Å². The fourth-order valence-electron chi connectivity index (χ4n) is 2.65. The molecule has 1 fully saturated rings. The van der Waals surface area contributed by atoms with Gasteiger partial charge in [-0.3, -0.25) is 4.79 Å². The maximum absolute atomic E-state index is 12.9. The highest BCUT2D eigenvalue weighted by Gasteiger charge is 2.16. The highest BCUT2D eigenvalue weighted by atomic mass is 35.5. The second-order valence-corrected chi connectivity index (χ2v) is 5.59. The van der Waals surface area contributed by atoms with Gasteiger partial charge in [-0.05, 0) is 68.2 Å². The first-order valence-electron chi connectivity index (χ1n) is 7.57. The minimum atomic E-state index is -0.297. The van der Waals surface area contributed by atoms with Crippen LogP contribution in [0.5, 0.6) is 0 Å². The summed E-state index contributed by atoms with van der Waals surface area (Å²) in [5.74, 6) is 0.810. The summed E-state index contributed by atoms with van der Waals surface area (Å²) in [6.07, 6.45) is 2.28. The summed E-state index contributed by atoms with van der Waals surface area (Å²) in [5, 5.41) is 6.23. The van der Waals surface area contributed by atoms with Crippen LogP contribution in [0, 0.1) is 11.7 Å². The molecule has 0 radical (unpaired) electrons. The Bertz CT molecular complexity index is 636. The zero-order valence-corrected chi connectivity index (χ0v) is 13.5. The van der Waals surface area contributed by atoms with Crippen molar-refractivity contribution in [3.63, 3.8) is 0 Å². The van der Waals surface area contributed by atoms with Crippen LogP contribution in [0.25, 0.3) is 11.3 Å². The number of hydrogen-bond donors (Lipinski definition) is 2. The summed E-state index contributed by atoms with van der Waals surface area (Å²) < 4.78 is 18.5. The molecule has 1 amide bonds. The van der Waals surface area contributed by atoms with E-state index >= 15 is 0 Å². The maximum Gasteiger partial charge on any atom is 0.287 e. The third kappa shape index (κ3) is 4.56. The molecule has 2 aromatic rings. The number of benzene rings is 1. The van der Waals surface area contributed by atoms with Crippen molar-refractivity contribution < 1.29 is 13.6 Å². The molecular formula is C17H20ClFN2O2. The van der Waals surface area contributed by atoms with E-state index in [2.05, 4.69) is 10.6 Å². The van der Waals surface area contributed by atoms with Crippen molar-refractivity contribution in [1.29, 1.82) is 0 Å². The molecule has 1 aromatic carbocycles. The molecule has 3 rings (SSSR count). The van der Waals surface area contributed by atoms with Crippen molar-refractivity contribution >= 4 is 18.3 Å². The summed E-state index contributed by atoms with van der Waals surface area (Å²) in [4.78, 5) is 12.1. The van der Waals surface area contributed by atoms with Gasteiger partial charge >= 0.3 is 0 Å². The summed E-state index contributed by atoms with van der Waals surface area (Å²) in [6.45, 7) is 2.65. The fourth-order valence-corrected chi connectivity index (χ4v) is 2.65. The zero-order valence-electron chi connectivity index (χ0n) is 12.7. The van der Waals surface area contributed by atoms with E-state index < -0.39 is 0 Å². The van der Waals surface area contributed by atoms with Gasteiger partial charge in [-0.15, -0.1) is 12.4 Å². The second-order valence-electron chi connectivity index (χ2n) is 5.59. The molecule has 0 bridgehead atoms. The molecule has 0 spiro atoms. The Kier molecular flexibility index (Phi) is 6.19. The third-order valence-corrected chi connectivity index (χ3v) is 3.91. The van der Waals surface area contributed by atoms with E-state index in [-0.39, 0.29) is 29.9 Å². The van der Waals surface area contributed by atoms with Gasteiger partial charge in [0.2, 0.25) is 0 Å². The number of halogens is 2. The van der Waals surface area contributed by atoms with Gasteiger partial charge in [0.1, 0.15) is 11.6 Å². The highest BCUT2D eigenvalue weighted by molar-refractivity contribution is 5.92. The van der Waals surface area contributed by atoms with E-state index in [1.54, 1.807) is 24.3 Å². The standard InChI is InChI=1S/C17H19FN2O2.ClH/c18-14-5-3-13(4-6-14)15-7-8-16(22-15)17(21)20-11-12-2-1-9-19-10-12;/h3-8,12,19H,1-2,9-11H2,(H,20,21);1H. The Morgan fingerprint density at radius 2 is 2.04 bits per heavy atom. The number of amides is 1. The van der Waals surface area contributed by atoms with Crippen LogP contribution in [-0.4, -0.2) is 25.5 Å². The van der Waals surface area contributed by atoms with E-state index in [1.165, 1.54) is 12.1 Å². The molecule has 1 unspecified atom stereocenters. The maximum atomic E-state index is 12.9. The van der Waals surface area contributed by atoms with Crippen LogP contribution >= 0.6 is 12.4 Å². The molecule has 4 nitrogen and oxygen atoms in total. The molecule has 1 aliphatic heterocycles. The summed E-state index contributed by atoms with van der Waals surface area (Å²) >= 11 is 0. The molecule has 1 aliphatic rings. The largest absolute Gasteiger partial charge is 0.451 e. The molecular weight excluding hydrogens is 319 g/mol. The number of carbonyl (C=O) groups is 1. The van der Waals surface area contributed by atoms with Gasteiger partial charge in [-0.25, -0.2) is 4.39 Å². The molecule has 124 valence electrons. The lowest BCUT2D eigenvalue weighted by Gasteiger charge is -2.22. The zero-order chi connectivity index (χ0) is 15.4. The van der Waals surface area contributed by atoms with Crippen molar-refractivity contribution in [3.8, 4) is 11.3 Å². The average molecular weight is 339 g/mol. The van der Waals surface area contributed by atoms with Crippen LogP contribution in [0.4, 0.5) is 4.39 Å².